The Bertz CT molecular complexity index is 775. The highest BCUT2D eigenvalue weighted by Crippen LogP contribution is 2.23. The van der Waals surface area contributed by atoms with Crippen LogP contribution in [0.1, 0.15) is 5.56 Å². The van der Waals surface area contributed by atoms with Crippen LogP contribution >= 0.6 is 0 Å². The molecule has 0 amide bonds. The van der Waals surface area contributed by atoms with Gasteiger partial charge in [-0.15, -0.1) is 0 Å². The maximum atomic E-state index is 13.7. The van der Waals surface area contributed by atoms with Crippen molar-refractivity contribution in [2.24, 2.45) is 0 Å². The Kier molecular flexibility index (Phi) is 5.23. The highest BCUT2D eigenvalue weighted by atomic mass is 32.2. The fourth-order valence-electron chi connectivity index (χ4n) is 2.06. The molecule has 5 nitrogen and oxygen atoms in total. The zero-order valence-corrected chi connectivity index (χ0v) is 13.9. The van der Waals surface area contributed by atoms with Crippen molar-refractivity contribution < 1.29 is 22.3 Å². The molecule has 0 aliphatic rings. The second-order valence-electron chi connectivity index (χ2n) is 4.91. The van der Waals surface area contributed by atoms with Crippen molar-refractivity contribution in [2.75, 3.05) is 21.3 Å². The average molecular weight is 339 g/mol. The van der Waals surface area contributed by atoms with Crippen molar-refractivity contribution in [2.45, 2.75) is 11.4 Å². The quantitative estimate of drug-likeness (QED) is 0.812. The lowest BCUT2D eigenvalue weighted by Crippen LogP contribution is -2.26. The predicted octanol–water partition coefficient (Wildman–Crippen LogP) is 2.66. The summed E-state index contributed by atoms with van der Waals surface area (Å²) in [5, 5.41) is 0. The van der Waals surface area contributed by atoms with E-state index in [9.17, 15) is 12.8 Å². The maximum Gasteiger partial charge on any atom is 0.243 e. The third kappa shape index (κ3) is 3.80. The summed E-state index contributed by atoms with van der Waals surface area (Å²) in [6, 6.07) is 10.6. The van der Waals surface area contributed by atoms with Gasteiger partial charge in [0, 0.05) is 13.6 Å². The minimum atomic E-state index is -3.79. The lowest BCUT2D eigenvalue weighted by atomic mass is 10.2. The van der Waals surface area contributed by atoms with E-state index >= 15 is 0 Å². The molecule has 2 rings (SSSR count). The lowest BCUT2D eigenvalue weighted by Gasteiger charge is -2.18. The molecule has 0 N–H and O–H groups in total. The third-order valence-corrected chi connectivity index (χ3v) is 5.20. The molecule has 2 aromatic rings. The first-order chi connectivity index (χ1) is 10.9. The van der Waals surface area contributed by atoms with Gasteiger partial charge >= 0.3 is 0 Å². The SMILES string of the molecule is COc1ccc(CN(C)S(=O)(=O)c2ccc(OC)c(F)c2)cc1. The molecule has 0 heterocycles. The van der Waals surface area contributed by atoms with Gasteiger partial charge in [0.1, 0.15) is 5.75 Å². The van der Waals surface area contributed by atoms with Crippen LogP contribution in [0.5, 0.6) is 11.5 Å². The van der Waals surface area contributed by atoms with Crippen LogP contribution in [0.3, 0.4) is 0 Å². The largest absolute Gasteiger partial charge is 0.497 e. The summed E-state index contributed by atoms with van der Waals surface area (Å²) in [5.74, 6) is -0.0235. The van der Waals surface area contributed by atoms with E-state index in [-0.39, 0.29) is 17.2 Å². The van der Waals surface area contributed by atoms with E-state index in [1.165, 1.54) is 26.3 Å². The van der Waals surface area contributed by atoms with Crippen molar-refractivity contribution in [3.8, 4) is 11.5 Å². The zero-order chi connectivity index (χ0) is 17.0. The molecule has 0 aliphatic carbocycles. The number of benzene rings is 2. The van der Waals surface area contributed by atoms with Crippen molar-refractivity contribution in [3.63, 3.8) is 0 Å². The Labute approximate surface area is 135 Å². The normalized spacial score (nSPS) is 11.5. The van der Waals surface area contributed by atoms with Gasteiger partial charge < -0.3 is 9.47 Å². The van der Waals surface area contributed by atoms with E-state index in [2.05, 4.69) is 0 Å². The number of rotatable bonds is 6. The first kappa shape index (κ1) is 17.2. The van der Waals surface area contributed by atoms with Gasteiger partial charge in [0.25, 0.3) is 0 Å². The summed E-state index contributed by atoms with van der Waals surface area (Å²) in [6.07, 6.45) is 0. The molecule has 0 saturated carbocycles. The molecule has 124 valence electrons. The van der Waals surface area contributed by atoms with Crippen LogP contribution in [-0.4, -0.2) is 34.0 Å². The first-order valence-electron chi connectivity index (χ1n) is 6.81. The molecule has 0 saturated heterocycles. The number of methoxy groups -OCH3 is 2. The molecule has 7 heteroatoms. The highest BCUT2D eigenvalue weighted by Gasteiger charge is 2.22. The number of ether oxygens (including phenoxy) is 2. The highest BCUT2D eigenvalue weighted by molar-refractivity contribution is 7.89. The van der Waals surface area contributed by atoms with Crippen molar-refractivity contribution >= 4 is 10.0 Å². The summed E-state index contributed by atoms with van der Waals surface area (Å²) in [4.78, 5) is -0.119. The summed E-state index contributed by atoms with van der Waals surface area (Å²) >= 11 is 0. The van der Waals surface area contributed by atoms with Gasteiger partial charge in [-0.25, -0.2) is 12.8 Å². The lowest BCUT2D eigenvalue weighted by molar-refractivity contribution is 0.385. The van der Waals surface area contributed by atoms with Gasteiger partial charge in [0.05, 0.1) is 19.1 Å². The van der Waals surface area contributed by atoms with Gasteiger partial charge in [-0.2, -0.15) is 4.31 Å². The number of nitrogens with zero attached hydrogens (tertiary/aromatic N) is 1. The molecule has 0 spiro atoms. The standard InChI is InChI=1S/C16H18FNO4S/c1-18(11-12-4-6-13(21-2)7-5-12)23(19,20)14-8-9-16(22-3)15(17)10-14/h4-10H,11H2,1-3H3. The second-order valence-corrected chi connectivity index (χ2v) is 6.95. The minimum absolute atomic E-state index is 0.00163. The molecule has 0 unspecified atom stereocenters. The first-order valence-corrected chi connectivity index (χ1v) is 8.25. The molecule has 0 radical (unpaired) electrons. The maximum absolute atomic E-state index is 13.7. The van der Waals surface area contributed by atoms with Crippen LogP contribution in [0.2, 0.25) is 0 Å². The summed E-state index contributed by atoms with van der Waals surface area (Å²) in [6.45, 7) is 0.167. The Hall–Kier alpha value is -2.12. The van der Waals surface area contributed by atoms with Crippen LogP contribution in [-0.2, 0) is 16.6 Å². The van der Waals surface area contributed by atoms with E-state index in [0.717, 1.165) is 15.9 Å². The van der Waals surface area contributed by atoms with E-state index in [1.54, 1.807) is 31.4 Å². The molecule has 2 aromatic carbocycles. The van der Waals surface area contributed by atoms with Gasteiger partial charge in [0.15, 0.2) is 11.6 Å². The van der Waals surface area contributed by atoms with Gasteiger partial charge in [-0.05, 0) is 35.9 Å². The molecule has 0 bridgehead atoms. The molecule has 23 heavy (non-hydrogen) atoms. The van der Waals surface area contributed by atoms with Crippen LogP contribution < -0.4 is 9.47 Å². The average Bonchev–Trinajstić information content (AvgIpc) is 2.55. The molecule has 0 fully saturated rings. The monoisotopic (exact) mass is 339 g/mol. The smallest absolute Gasteiger partial charge is 0.243 e. The Morgan fingerprint density at radius 2 is 1.70 bits per heavy atom. The molecular formula is C16H18FNO4S. The van der Waals surface area contributed by atoms with E-state index in [0.29, 0.717) is 5.75 Å². The van der Waals surface area contributed by atoms with Crippen molar-refractivity contribution in [1.29, 1.82) is 0 Å². The summed E-state index contributed by atoms with van der Waals surface area (Å²) in [7, 11) is 0.533. The Balaban J connectivity index is 2.22. The van der Waals surface area contributed by atoms with Crippen LogP contribution in [0.15, 0.2) is 47.4 Å². The summed E-state index contributed by atoms with van der Waals surface area (Å²) in [5.41, 5.74) is 0.797. The van der Waals surface area contributed by atoms with Gasteiger partial charge in [0.2, 0.25) is 10.0 Å². The van der Waals surface area contributed by atoms with E-state index in [1.807, 2.05) is 0 Å². The van der Waals surface area contributed by atoms with Crippen LogP contribution in [0, 0.1) is 5.82 Å². The Morgan fingerprint density at radius 1 is 1.04 bits per heavy atom. The van der Waals surface area contributed by atoms with E-state index < -0.39 is 15.8 Å². The predicted molar refractivity (Wildman–Crippen MR) is 84.6 cm³/mol. The van der Waals surface area contributed by atoms with Crippen LogP contribution in [0.25, 0.3) is 0 Å². The molecule has 0 aromatic heterocycles. The van der Waals surface area contributed by atoms with E-state index in [4.69, 9.17) is 9.47 Å². The third-order valence-electron chi connectivity index (χ3n) is 3.40. The molecule has 0 aliphatic heterocycles. The fraction of sp³-hybridized carbons (Fsp3) is 0.250. The molecule has 0 atom stereocenters. The fourth-order valence-corrected chi connectivity index (χ4v) is 3.23. The van der Waals surface area contributed by atoms with Gasteiger partial charge in [-0.3, -0.25) is 0 Å². The summed E-state index contributed by atoms with van der Waals surface area (Å²) < 4.78 is 49.8. The topological polar surface area (TPSA) is 55.8 Å². The van der Waals surface area contributed by atoms with Crippen molar-refractivity contribution in [1.82, 2.24) is 4.31 Å². The molecular weight excluding hydrogens is 321 g/mol. The van der Waals surface area contributed by atoms with Gasteiger partial charge in [-0.1, -0.05) is 12.1 Å². The van der Waals surface area contributed by atoms with Crippen LogP contribution in [0.4, 0.5) is 4.39 Å². The zero-order valence-electron chi connectivity index (χ0n) is 13.1. The van der Waals surface area contributed by atoms with Crippen molar-refractivity contribution in [3.05, 3.63) is 53.8 Å². The number of hydrogen-bond acceptors (Lipinski definition) is 4. The Morgan fingerprint density at radius 3 is 2.22 bits per heavy atom. The number of hydrogen-bond donors (Lipinski definition) is 0. The number of sulfonamides is 1. The number of halogens is 1. The second kappa shape index (κ2) is 6.97. The minimum Gasteiger partial charge on any atom is -0.497 e.